The molecule has 0 aromatic heterocycles. The molecule has 0 aliphatic carbocycles. The van der Waals surface area contributed by atoms with Gasteiger partial charge in [-0.1, -0.05) is 248 Å². The van der Waals surface area contributed by atoms with Crippen LogP contribution in [0.25, 0.3) is 0 Å². The third-order valence-electron chi connectivity index (χ3n) is 12.4. The maximum Gasteiger partial charge on any atom is 0.306 e. The summed E-state index contributed by atoms with van der Waals surface area (Å²) in [6.45, 7) is 6.49. The molecule has 0 amide bonds. The van der Waals surface area contributed by atoms with Crippen molar-refractivity contribution in [2.75, 3.05) is 13.2 Å². The van der Waals surface area contributed by atoms with Crippen LogP contribution in [0.5, 0.6) is 0 Å². The summed E-state index contributed by atoms with van der Waals surface area (Å²) in [4.78, 5) is 38.2. The van der Waals surface area contributed by atoms with Crippen LogP contribution in [0.1, 0.15) is 284 Å². The maximum absolute atomic E-state index is 12.9. The van der Waals surface area contributed by atoms with Crippen LogP contribution in [0.4, 0.5) is 0 Å². The molecule has 0 aromatic carbocycles. The third-order valence-corrected chi connectivity index (χ3v) is 12.4. The molecule has 0 bridgehead atoms. The predicted octanol–water partition coefficient (Wildman–Crippen LogP) is 19.4. The number of unbranched alkanes of at least 4 members (excludes halogenated alkanes) is 29. The molecule has 68 heavy (non-hydrogen) atoms. The van der Waals surface area contributed by atoms with Gasteiger partial charge in [-0.3, -0.25) is 14.4 Å². The van der Waals surface area contributed by atoms with Crippen molar-refractivity contribution in [3.63, 3.8) is 0 Å². The molecule has 0 aliphatic rings. The fraction of sp³-hybridized carbons (Fsp3) is 0.758. The topological polar surface area (TPSA) is 78.9 Å². The zero-order valence-corrected chi connectivity index (χ0v) is 44.9. The van der Waals surface area contributed by atoms with E-state index in [4.69, 9.17) is 14.2 Å². The van der Waals surface area contributed by atoms with Gasteiger partial charge < -0.3 is 14.2 Å². The molecule has 1 unspecified atom stereocenters. The highest BCUT2D eigenvalue weighted by Crippen LogP contribution is 2.16. The number of rotatable bonds is 52. The molecule has 0 aliphatic heterocycles. The number of carbonyl (C=O) groups is 3. The van der Waals surface area contributed by atoms with E-state index >= 15 is 0 Å². The lowest BCUT2D eigenvalue weighted by atomic mass is 10.0. The Morgan fingerprint density at radius 1 is 0.309 bits per heavy atom. The lowest BCUT2D eigenvalue weighted by molar-refractivity contribution is -0.167. The largest absolute Gasteiger partial charge is 0.462 e. The highest BCUT2D eigenvalue weighted by Gasteiger charge is 2.19. The van der Waals surface area contributed by atoms with Crippen molar-refractivity contribution in [1.82, 2.24) is 0 Å². The molecule has 0 radical (unpaired) electrons. The molecule has 0 fully saturated rings. The van der Waals surface area contributed by atoms with Crippen molar-refractivity contribution < 1.29 is 28.6 Å². The fourth-order valence-corrected chi connectivity index (χ4v) is 8.11. The standard InChI is InChI=1S/C62H108O6/c1-4-7-10-13-16-19-22-25-28-30-31-32-35-37-40-43-46-49-52-55-61(64)67-58-59(57-66-60(63)54-51-48-45-42-39-36-33-27-24-21-18-15-12-9-6-3)68-62(65)56-53-50-47-44-41-38-34-29-26-23-20-17-14-11-8-5-2/h9,12,16,18-19,21,25,27-28,33,39,42,59H,4-8,10-11,13-15,17,20,22-24,26,29-32,34-38,40-41,43-58H2,1-3H3/b12-9-,19-16-,21-18-,28-25-,33-27-,42-39-. The van der Waals surface area contributed by atoms with Gasteiger partial charge in [0.2, 0.25) is 0 Å². The summed E-state index contributed by atoms with van der Waals surface area (Å²) in [5.74, 6) is -0.925. The van der Waals surface area contributed by atoms with Crippen LogP contribution in [-0.4, -0.2) is 37.2 Å². The highest BCUT2D eigenvalue weighted by atomic mass is 16.6. The van der Waals surface area contributed by atoms with E-state index in [2.05, 4.69) is 93.7 Å². The quantitative estimate of drug-likeness (QED) is 0.0262. The molecule has 0 N–H and O–H groups in total. The van der Waals surface area contributed by atoms with Gasteiger partial charge in [0, 0.05) is 19.3 Å². The van der Waals surface area contributed by atoms with E-state index in [1.807, 2.05) is 0 Å². The van der Waals surface area contributed by atoms with Gasteiger partial charge in [0.05, 0.1) is 0 Å². The van der Waals surface area contributed by atoms with Crippen molar-refractivity contribution in [3.8, 4) is 0 Å². The van der Waals surface area contributed by atoms with E-state index in [-0.39, 0.29) is 31.1 Å². The Morgan fingerprint density at radius 2 is 0.574 bits per heavy atom. The van der Waals surface area contributed by atoms with E-state index in [9.17, 15) is 14.4 Å². The smallest absolute Gasteiger partial charge is 0.306 e. The van der Waals surface area contributed by atoms with Crippen LogP contribution >= 0.6 is 0 Å². The number of esters is 3. The van der Waals surface area contributed by atoms with Crippen LogP contribution < -0.4 is 0 Å². The van der Waals surface area contributed by atoms with E-state index in [1.165, 1.54) is 154 Å². The molecule has 392 valence electrons. The highest BCUT2D eigenvalue weighted by molar-refractivity contribution is 5.71. The van der Waals surface area contributed by atoms with Crippen molar-refractivity contribution in [1.29, 1.82) is 0 Å². The normalized spacial score (nSPS) is 12.6. The molecular formula is C62H108O6. The average Bonchev–Trinajstić information content (AvgIpc) is 3.34. The Morgan fingerprint density at radius 3 is 0.956 bits per heavy atom. The van der Waals surface area contributed by atoms with Crippen molar-refractivity contribution in [2.24, 2.45) is 0 Å². The van der Waals surface area contributed by atoms with Gasteiger partial charge in [-0.15, -0.1) is 0 Å². The van der Waals surface area contributed by atoms with E-state index < -0.39 is 6.10 Å². The predicted molar refractivity (Wildman–Crippen MR) is 293 cm³/mol. The number of carbonyl (C=O) groups excluding carboxylic acids is 3. The number of allylic oxidation sites excluding steroid dienone is 12. The lowest BCUT2D eigenvalue weighted by Crippen LogP contribution is -2.30. The number of hydrogen-bond donors (Lipinski definition) is 0. The first-order valence-electron chi connectivity index (χ1n) is 28.9. The second-order valence-electron chi connectivity index (χ2n) is 19.2. The average molecular weight is 950 g/mol. The Hall–Kier alpha value is -3.15. The summed E-state index contributed by atoms with van der Waals surface area (Å²) in [6, 6.07) is 0. The minimum atomic E-state index is -0.792. The maximum atomic E-state index is 12.9. The van der Waals surface area contributed by atoms with Gasteiger partial charge in [-0.2, -0.15) is 0 Å². The van der Waals surface area contributed by atoms with Gasteiger partial charge >= 0.3 is 17.9 Å². The number of hydrogen-bond acceptors (Lipinski definition) is 6. The van der Waals surface area contributed by atoms with Crippen molar-refractivity contribution in [3.05, 3.63) is 72.9 Å². The summed E-state index contributed by atoms with van der Waals surface area (Å²) >= 11 is 0. The van der Waals surface area contributed by atoms with Crippen LogP contribution in [0.15, 0.2) is 72.9 Å². The molecule has 0 aromatic rings. The first-order valence-corrected chi connectivity index (χ1v) is 28.9. The molecule has 0 spiro atoms. The van der Waals surface area contributed by atoms with Gasteiger partial charge in [-0.05, 0) is 89.9 Å². The molecular weight excluding hydrogens is 841 g/mol. The Labute approximate surface area is 421 Å². The monoisotopic (exact) mass is 949 g/mol. The van der Waals surface area contributed by atoms with Gasteiger partial charge in [0.15, 0.2) is 6.10 Å². The fourth-order valence-electron chi connectivity index (χ4n) is 8.11. The van der Waals surface area contributed by atoms with Crippen LogP contribution in [0, 0.1) is 0 Å². The zero-order chi connectivity index (χ0) is 49.3. The zero-order valence-electron chi connectivity index (χ0n) is 44.9. The van der Waals surface area contributed by atoms with Gasteiger partial charge in [-0.25, -0.2) is 0 Å². The third kappa shape index (κ3) is 53.8. The lowest BCUT2D eigenvalue weighted by Gasteiger charge is -2.18. The molecule has 0 heterocycles. The summed E-state index contributed by atoms with van der Waals surface area (Å²) in [6.07, 6.45) is 71.8. The van der Waals surface area contributed by atoms with E-state index in [0.29, 0.717) is 19.3 Å². The van der Waals surface area contributed by atoms with E-state index in [1.54, 1.807) is 0 Å². The summed E-state index contributed by atoms with van der Waals surface area (Å²) < 4.78 is 16.8. The molecule has 1 atom stereocenters. The van der Waals surface area contributed by atoms with Crippen LogP contribution in [0.2, 0.25) is 0 Å². The van der Waals surface area contributed by atoms with Crippen LogP contribution in [-0.2, 0) is 28.6 Å². The van der Waals surface area contributed by atoms with Crippen molar-refractivity contribution >= 4 is 17.9 Å². The Bertz CT molecular complexity index is 1270. The first-order chi connectivity index (χ1) is 33.5. The molecule has 0 rings (SSSR count). The molecule has 0 saturated carbocycles. The molecule has 6 heteroatoms. The SMILES string of the molecule is CC/C=C\C/C=C\C/C=C\C/C=C\CCCCC(=O)OCC(COC(=O)CCCCCCCCCCC/C=C\C/C=C\CCCCC)OC(=O)CCCCCCCCCCCCCCCCCC. The van der Waals surface area contributed by atoms with Gasteiger partial charge in [0.1, 0.15) is 13.2 Å². The Kier molecular flexibility index (Phi) is 53.8. The van der Waals surface area contributed by atoms with E-state index in [0.717, 1.165) is 89.9 Å². The first kappa shape index (κ1) is 64.8. The van der Waals surface area contributed by atoms with Gasteiger partial charge in [0.25, 0.3) is 0 Å². The summed E-state index contributed by atoms with van der Waals surface area (Å²) in [5, 5.41) is 0. The second-order valence-corrected chi connectivity index (χ2v) is 19.2. The summed E-state index contributed by atoms with van der Waals surface area (Å²) in [7, 11) is 0. The Balaban J connectivity index is 4.41. The van der Waals surface area contributed by atoms with Crippen molar-refractivity contribution in [2.45, 2.75) is 290 Å². The molecule has 6 nitrogen and oxygen atoms in total. The summed E-state index contributed by atoms with van der Waals surface area (Å²) in [5.41, 5.74) is 0. The minimum absolute atomic E-state index is 0.0887. The number of ether oxygens (including phenoxy) is 3. The second kappa shape index (κ2) is 56.4. The van der Waals surface area contributed by atoms with Crippen LogP contribution in [0.3, 0.4) is 0 Å². The molecule has 0 saturated heterocycles. The minimum Gasteiger partial charge on any atom is -0.462 e.